The molecule has 0 aliphatic heterocycles. The van der Waals surface area contributed by atoms with Crippen molar-refractivity contribution < 1.29 is 9.84 Å². The second-order valence-electron chi connectivity index (χ2n) is 6.29. The molecule has 2 N–H and O–H groups in total. The van der Waals surface area contributed by atoms with Gasteiger partial charge in [-0.25, -0.2) is 0 Å². The van der Waals surface area contributed by atoms with Gasteiger partial charge in [-0.3, -0.25) is 5.41 Å². The lowest BCUT2D eigenvalue weighted by Crippen LogP contribution is -2.16. The van der Waals surface area contributed by atoms with Crippen LogP contribution in [0.2, 0.25) is 15.1 Å². The van der Waals surface area contributed by atoms with Crippen molar-refractivity contribution in [3.63, 3.8) is 0 Å². The van der Waals surface area contributed by atoms with E-state index >= 15 is 0 Å². The number of aliphatic hydroxyl groups is 1. The molecule has 140 valence electrons. The highest BCUT2D eigenvalue weighted by Gasteiger charge is 2.31. The van der Waals surface area contributed by atoms with Crippen molar-refractivity contribution >= 4 is 46.6 Å². The van der Waals surface area contributed by atoms with Crippen LogP contribution >= 0.6 is 34.8 Å². The SMILES string of the molecule is C=Cc1ccc(OC/C(C(=N)c2c(Cl)cccc2Cl)=C(/O)C2CC2)cc1Cl. The van der Waals surface area contributed by atoms with Crippen LogP contribution in [0, 0.1) is 11.3 Å². The molecule has 0 unspecified atom stereocenters. The van der Waals surface area contributed by atoms with E-state index in [-0.39, 0.29) is 24.0 Å². The molecular formula is C21H18Cl3NO2. The number of nitrogens with one attached hydrogen (secondary N) is 1. The van der Waals surface area contributed by atoms with Gasteiger partial charge >= 0.3 is 0 Å². The van der Waals surface area contributed by atoms with Gasteiger partial charge in [-0.05, 0) is 48.7 Å². The van der Waals surface area contributed by atoms with Gasteiger partial charge in [0.05, 0.1) is 26.4 Å². The van der Waals surface area contributed by atoms with Crippen LogP contribution in [0.1, 0.15) is 24.0 Å². The highest BCUT2D eigenvalue weighted by molar-refractivity contribution is 6.41. The number of allylic oxidation sites excluding steroid dienone is 1. The summed E-state index contributed by atoms with van der Waals surface area (Å²) in [5, 5.41) is 20.4. The summed E-state index contributed by atoms with van der Waals surface area (Å²) < 4.78 is 5.81. The number of benzene rings is 2. The Labute approximate surface area is 173 Å². The minimum atomic E-state index is 0.00643. The first-order chi connectivity index (χ1) is 12.9. The molecule has 2 aromatic rings. The first-order valence-corrected chi connectivity index (χ1v) is 9.55. The van der Waals surface area contributed by atoms with E-state index in [9.17, 15) is 5.11 Å². The molecule has 0 heterocycles. The molecule has 6 heteroatoms. The molecule has 3 rings (SSSR count). The summed E-state index contributed by atoms with van der Waals surface area (Å²) in [5.41, 5.74) is 1.61. The smallest absolute Gasteiger partial charge is 0.121 e. The van der Waals surface area contributed by atoms with E-state index < -0.39 is 0 Å². The Balaban J connectivity index is 1.89. The van der Waals surface area contributed by atoms with Gasteiger partial charge in [0.25, 0.3) is 0 Å². The Kier molecular flexibility index (Phi) is 6.15. The average molecular weight is 423 g/mol. The fraction of sp³-hybridized carbons (Fsp3) is 0.190. The van der Waals surface area contributed by atoms with Crippen LogP contribution in [-0.4, -0.2) is 17.4 Å². The van der Waals surface area contributed by atoms with Crippen LogP contribution in [0.5, 0.6) is 5.75 Å². The zero-order valence-electron chi connectivity index (χ0n) is 14.4. The zero-order chi connectivity index (χ0) is 19.6. The summed E-state index contributed by atoms with van der Waals surface area (Å²) in [6.07, 6.45) is 3.43. The highest BCUT2D eigenvalue weighted by atomic mass is 35.5. The van der Waals surface area contributed by atoms with Gasteiger partial charge in [0.15, 0.2) is 0 Å². The van der Waals surface area contributed by atoms with Gasteiger partial charge in [0.2, 0.25) is 0 Å². The molecule has 3 nitrogen and oxygen atoms in total. The van der Waals surface area contributed by atoms with Gasteiger partial charge < -0.3 is 9.84 Å². The Morgan fingerprint density at radius 1 is 1.15 bits per heavy atom. The molecule has 0 amide bonds. The second kappa shape index (κ2) is 8.39. The molecule has 0 bridgehead atoms. The first-order valence-electron chi connectivity index (χ1n) is 8.42. The number of ether oxygens (including phenoxy) is 1. The number of rotatable bonds is 7. The third-order valence-corrected chi connectivity index (χ3v) is 5.32. The summed E-state index contributed by atoms with van der Waals surface area (Å²) in [5.74, 6) is 0.742. The van der Waals surface area contributed by atoms with Crippen LogP contribution in [0.15, 0.2) is 54.3 Å². The number of halogens is 3. The molecule has 0 saturated heterocycles. The van der Waals surface area contributed by atoms with E-state index in [1.807, 2.05) is 0 Å². The van der Waals surface area contributed by atoms with Gasteiger partial charge in [0, 0.05) is 11.5 Å². The lowest BCUT2D eigenvalue weighted by Gasteiger charge is -2.16. The molecule has 1 fully saturated rings. The standard InChI is InChI=1S/C21H18Cl3NO2/c1-2-12-8-9-14(10-18(12)24)27-11-15(21(26)13-6-7-13)20(25)19-16(22)4-3-5-17(19)23/h2-5,8-10,13,25-26H,1,6-7,11H2/b21-15-,25-20?. The largest absolute Gasteiger partial charge is 0.512 e. The van der Waals surface area contributed by atoms with Crippen molar-refractivity contribution in [1.29, 1.82) is 5.41 Å². The van der Waals surface area contributed by atoms with Gasteiger partial charge in [-0.1, -0.05) is 53.5 Å². The van der Waals surface area contributed by atoms with E-state index in [0.29, 0.717) is 32.0 Å². The fourth-order valence-corrected chi connectivity index (χ4v) is 3.52. The minimum Gasteiger partial charge on any atom is -0.512 e. The van der Waals surface area contributed by atoms with Crippen molar-refractivity contribution in [2.75, 3.05) is 6.61 Å². The maximum Gasteiger partial charge on any atom is 0.121 e. The molecule has 0 aromatic heterocycles. The number of aliphatic hydroxyl groups excluding tert-OH is 1. The van der Waals surface area contributed by atoms with Crippen LogP contribution in [0.25, 0.3) is 6.08 Å². The topological polar surface area (TPSA) is 53.3 Å². The average Bonchev–Trinajstić information content (AvgIpc) is 3.47. The third kappa shape index (κ3) is 4.49. The minimum absolute atomic E-state index is 0.00643. The third-order valence-electron chi connectivity index (χ3n) is 4.36. The Bertz CT molecular complexity index is 913. The van der Waals surface area contributed by atoms with Gasteiger partial charge in [-0.15, -0.1) is 0 Å². The van der Waals surface area contributed by atoms with Gasteiger partial charge in [-0.2, -0.15) is 0 Å². The molecule has 2 aromatic carbocycles. The Hall–Kier alpha value is -1.94. The Morgan fingerprint density at radius 3 is 2.37 bits per heavy atom. The normalized spacial score (nSPS) is 14.5. The van der Waals surface area contributed by atoms with E-state index in [4.69, 9.17) is 44.9 Å². The maximum absolute atomic E-state index is 10.6. The van der Waals surface area contributed by atoms with Crippen molar-refractivity contribution in [1.82, 2.24) is 0 Å². The van der Waals surface area contributed by atoms with Crippen molar-refractivity contribution in [3.8, 4) is 5.75 Å². The molecule has 0 radical (unpaired) electrons. The molecule has 1 aliphatic carbocycles. The summed E-state index contributed by atoms with van der Waals surface area (Å²) >= 11 is 18.7. The van der Waals surface area contributed by atoms with E-state index in [2.05, 4.69) is 6.58 Å². The molecule has 1 aliphatic rings. The summed E-state index contributed by atoms with van der Waals surface area (Å²) in [6.45, 7) is 3.71. The lowest BCUT2D eigenvalue weighted by molar-refractivity contribution is 0.329. The maximum atomic E-state index is 10.6. The quantitative estimate of drug-likeness (QED) is 0.374. The number of hydrogen-bond acceptors (Lipinski definition) is 3. The van der Waals surface area contributed by atoms with Crippen molar-refractivity contribution in [3.05, 3.63) is 80.5 Å². The molecule has 0 spiro atoms. The van der Waals surface area contributed by atoms with Crippen LogP contribution in [0.3, 0.4) is 0 Å². The second-order valence-corrected chi connectivity index (χ2v) is 7.51. The summed E-state index contributed by atoms with van der Waals surface area (Å²) in [7, 11) is 0. The molecule has 0 atom stereocenters. The summed E-state index contributed by atoms with van der Waals surface area (Å²) in [6, 6.07) is 10.3. The van der Waals surface area contributed by atoms with E-state index in [1.165, 1.54) is 0 Å². The monoisotopic (exact) mass is 421 g/mol. The van der Waals surface area contributed by atoms with Crippen molar-refractivity contribution in [2.24, 2.45) is 5.92 Å². The van der Waals surface area contributed by atoms with Crippen molar-refractivity contribution in [2.45, 2.75) is 12.8 Å². The van der Waals surface area contributed by atoms with Crippen LogP contribution in [0.4, 0.5) is 0 Å². The molecular weight excluding hydrogens is 405 g/mol. The lowest BCUT2D eigenvalue weighted by atomic mass is 10.00. The highest BCUT2D eigenvalue weighted by Crippen LogP contribution is 2.38. The first kappa shape index (κ1) is 19.8. The van der Waals surface area contributed by atoms with Crippen LogP contribution < -0.4 is 4.74 Å². The fourth-order valence-electron chi connectivity index (χ4n) is 2.68. The van der Waals surface area contributed by atoms with E-state index in [0.717, 1.165) is 18.4 Å². The number of hydrogen-bond donors (Lipinski definition) is 2. The molecule has 1 saturated carbocycles. The zero-order valence-corrected chi connectivity index (χ0v) is 16.7. The van der Waals surface area contributed by atoms with E-state index in [1.54, 1.807) is 42.5 Å². The Morgan fingerprint density at radius 2 is 1.81 bits per heavy atom. The predicted octanol–water partition coefficient (Wildman–Crippen LogP) is 6.96. The predicted molar refractivity (Wildman–Crippen MR) is 113 cm³/mol. The summed E-state index contributed by atoms with van der Waals surface area (Å²) in [4.78, 5) is 0. The van der Waals surface area contributed by atoms with Gasteiger partial charge in [0.1, 0.15) is 18.1 Å². The molecule has 27 heavy (non-hydrogen) atoms. The van der Waals surface area contributed by atoms with Crippen LogP contribution in [-0.2, 0) is 0 Å².